The van der Waals surface area contributed by atoms with Gasteiger partial charge >= 0.3 is 0 Å². The molecule has 3 rings (SSSR count). The van der Waals surface area contributed by atoms with Crippen LogP contribution < -0.4 is 20.4 Å². The molecule has 0 aliphatic carbocycles. The highest BCUT2D eigenvalue weighted by atomic mass is 33.1. The molecule has 218 valence electrons. The van der Waals surface area contributed by atoms with Crippen molar-refractivity contribution in [3.63, 3.8) is 0 Å². The quantitative estimate of drug-likeness (QED) is 0.176. The summed E-state index contributed by atoms with van der Waals surface area (Å²) in [4.78, 5) is 28.0. The molecule has 0 bridgehead atoms. The fourth-order valence-electron chi connectivity index (χ4n) is 4.93. The van der Waals surface area contributed by atoms with Crippen LogP contribution in [0.25, 0.3) is 6.08 Å². The summed E-state index contributed by atoms with van der Waals surface area (Å²) in [5.41, 5.74) is 4.12. The van der Waals surface area contributed by atoms with Gasteiger partial charge in [-0.3, -0.25) is 9.59 Å². The van der Waals surface area contributed by atoms with E-state index in [1.165, 1.54) is 12.5 Å². The molecule has 2 amide bonds. The number of para-hydroxylation sites is 1. The van der Waals surface area contributed by atoms with Gasteiger partial charge in [0.15, 0.2) is 0 Å². The number of benzene rings is 2. The van der Waals surface area contributed by atoms with Crippen LogP contribution in [0.5, 0.6) is 0 Å². The zero-order valence-corrected chi connectivity index (χ0v) is 25.3. The lowest BCUT2D eigenvalue weighted by Crippen LogP contribution is -2.45. The maximum absolute atomic E-state index is 13.0. The summed E-state index contributed by atoms with van der Waals surface area (Å²) in [5.74, 6) is 1.60. The first-order valence-corrected chi connectivity index (χ1v) is 16.1. The highest BCUT2D eigenvalue weighted by Gasteiger charge is 2.43. The predicted molar refractivity (Wildman–Crippen MR) is 169 cm³/mol. The van der Waals surface area contributed by atoms with Crippen LogP contribution in [0.3, 0.4) is 0 Å². The Morgan fingerprint density at radius 3 is 2.23 bits per heavy atom. The van der Waals surface area contributed by atoms with Crippen molar-refractivity contribution in [3.05, 3.63) is 65.7 Å². The third-order valence-corrected chi connectivity index (χ3v) is 9.32. The summed E-state index contributed by atoms with van der Waals surface area (Å²) in [7, 11) is 3.38. The Morgan fingerprint density at radius 1 is 0.975 bits per heavy atom. The van der Waals surface area contributed by atoms with Crippen molar-refractivity contribution in [2.45, 2.75) is 32.2 Å². The van der Waals surface area contributed by atoms with Crippen molar-refractivity contribution < 1.29 is 19.8 Å². The van der Waals surface area contributed by atoms with Crippen LogP contribution >= 0.6 is 21.6 Å². The lowest BCUT2D eigenvalue weighted by molar-refractivity contribution is -0.120. The summed E-state index contributed by atoms with van der Waals surface area (Å²) < 4.78 is 0. The van der Waals surface area contributed by atoms with Gasteiger partial charge in [-0.1, -0.05) is 77.9 Å². The summed E-state index contributed by atoms with van der Waals surface area (Å²) in [5, 5.41) is 24.5. The van der Waals surface area contributed by atoms with E-state index in [9.17, 15) is 19.8 Å². The van der Waals surface area contributed by atoms with Crippen LogP contribution in [0.1, 0.15) is 31.9 Å². The monoisotopic (exact) mass is 586 g/mol. The van der Waals surface area contributed by atoms with Crippen LogP contribution in [0.15, 0.2) is 54.6 Å². The maximum atomic E-state index is 13.0. The largest absolute Gasteiger partial charge is 0.395 e. The minimum atomic E-state index is -0.188. The van der Waals surface area contributed by atoms with Gasteiger partial charge in [-0.05, 0) is 29.3 Å². The molecule has 0 saturated heterocycles. The number of carbonyl (C=O) groups is 2. The van der Waals surface area contributed by atoms with Crippen molar-refractivity contribution in [2.24, 2.45) is 0 Å². The van der Waals surface area contributed by atoms with Crippen LogP contribution in [-0.4, -0.2) is 85.5 Å². The van der Waals surface area contributed by atoms with E-state index in [2.05, 4.69) is 59.7 Å². The van der Waals surface area contributed by atoms with Crippen molar-refractivity contribution >= 4 is 50.9 Å². The number of nitrogens with zero attached hydrogens (tertiary/aromatic N) is 2. The smallest absolute Gasteiger partial charge is 0.239 e. The molecule has 2 aromatic carbocycles. The van der Waals surface area contributed by atoms with Gasteiger partial charge in [0.1, 0.15) is 0 Å². The topological polar surface area (TPSA) is 105 Å². The van der Waals surface area contributed by atoms with Gasteiger partial charge in [-0.2, -0.15) is 0 Å². The molecule has 0 radical (unpaired) electrons. The lowest BCUT2D eigenvalue weighted by atomic mass is 9.80. The number of carbonyl (C=O) groups excluding carboxylic acids is 2. The number of nitrogens with one attached hydrogen (secondary N) is 2. The summed E-state index contributed by atoms with van der Waals surface area (Å²) >= 11 is 0. The van der Waals surface area contributed by atoms with Crippen LogP contribution in [0.4, 0.5) is 11.4 Å². The molecular weight excluding hydrogens is 544 g/mol. The predicted octanol–water partition coefficient (Wildman–Crippen LogP) is 3.29. The van der Waals surface area contributed by atoms with E-state index in [1.54, 1.807) is 21.6 Å². The van der Waals surface area contributed by atoms with E-state index in [0.29, 0.717) is 26.2 Å². The molecule has 10 heteroatoms. The summed E-state index contributed by atoms with van der Waals surface area (Å²) in [6.45, 7) is 8.46. The maximum Gasteiger partial charge on any atom is 0.239 e. The highest BCUT2D eigenvalue weighted by Crippen LogP contribution is 2.45. The molecule has 40 heavy (non-hydrogen) atoms. The molecule has 8 nitrogen and oxygen atoms in total. The Labute approximate surface area is 246 Å². The highest BCUT2D eigenvalue weighted by molar-refractivity contribution is 8.76. The summed E-state index contributed by atoms with van der Waals surface area (Å²) in [6.07, 6.45) is 4.29. The van der Waals surface area contributed by atoms with Gasteiger partial charge < -0.3 is 30.6 Å². The first-order chi connectivity index (χ1) is 19.3. The van der Waals surface area contributed by atoms with E-state index in [1.807, 2.05) is 35.2 Å². The van der Waals surface area contributed by atoms with Crippen molar-refractivity contribution in [2.75, 3.05) is 67.2 Å². The Balaban J connectivity index is 1.63. The minimum Gasteiger partial charge on any atom is -0.395 e. The van der Waals surface area contributed by atoms with E-state index in [-0.39, 0.29) is 43.0 Å². The number of rotatable bonds is 16. The van der Waals surface area contributed by atoms with Crippen LogP contribution in [-0.2, 0) is 15.0 Å². The molecule has 1 aliphatic rings. The Bertz CT molecular complexity index is 1120. The number of hydrogen-bond acceptors (Lipinski definition) is 8. The van der Waals surface area contributed by atoms with Crippen molar-refractivity contribution in [1.29, 1.82) is 0 Å². The molecular formula is C30H42N4O4S2. The van der Waals surface area contributed by atoms with Crippen LogP contribution in [0, 0.1) is 0 Å². The van der Waals surface area contributed by atoms with Gasteiger partial charge in [-0.25, -0.2) is 0 Å². The number of aliphatic hydroxyl groups is 2. The van der Waals surface area contributed by atoms with E-state index in [4.69, 9.17) is 0 Å². The molecule has 2 aromatic rings. The number of aliphatic hydroxyl groups excluding tert-OH is 2. The third kappa shape index (κ3) is 8.92. The average Bonchev–Trinajstić information content (AvgIpc) is 3.14. The Kier molecular flexibility index (Phi) is 12.7. The third-order valence-electron chi connectivity index (χ3n) is 6.92. The second kappa shape index (κ2) is 16.0. The molecule has 1 unspecified atom stereocenters. The number of amides is 2. The average molecular weight is 587 g/mol. The molecule has 4 N–H and O–H groups in total. The second-order valence-corrected chi connectivity index (χ2v) is 12.9. The number of anilines is 2. The molecule has 1 heterocycles. The fraction of sp³-hybridized carbons (Fsp3) is 0.467. The van der Waals surface area contributed by atoms with Crippen molar-refractivity contribution in [1.82, 2.24) is 10.6 Å². The van der Waals surface area contributed by atoms with Crippen LogP contribution in [0.2, 0.25) is 0 Å². The van der Waals surface area contributed by atoms with Gasteiger partial charge in [0.05, 0.1) is 25.8 Å². The molecule has 1 aliphatic heterocycles. The zero-order chi connectivity index (χ0) is 29.0. The van der Waals surface area contributed by atoms with E-state index < -0.39 is 0 Å². The van der Waals surface area contributed by atoms with E-state index in [0.717, 1.165) is 28.4 Å². The number of fused-ring (bicyclic) bond motifs is 1. The van der Waals surface area contributed by atoms with Gasteiger partial charge in [0.25, 0.3) is 0 Å². The molecule has 0 aromatic heterocycles. The van der Waals surface area contributed by atoms with E-state index >= 15 is 0 Å². The molecule has 0 spiro atoms. The van der Waals surface area contributed by atoms with Crippen molar-refractivity contribution in [3.8, 4) is 0 Å². The molecule has 0 saturated carbocycles. The SMILES string of the molecule is CC(=O)NCCSSCCNC(=O)CN1c2ccccc2C(C)(C)C1/C=C/c1ccc(N(CCO)CCO)cc1. The van der Waals surface area contributed by atoms with Gasteiger partial charge in [0.2, 0.25) is 11.8 Å². The minimum absolute atomic E-state index is 0.00527. The molecule has 0 fully saturated rings. The zero-order valence-electron chi connectivity index (χ0n) is 23.6. The lowest BCUT2D eigenvalue weighted by Gasteiger charge is -2.32. The first kappa shape index (κ1) is 31.9. The standard InChI is InChI=1S/C30H42N4O4S2/c1-23(37)31-14-20-39-40-21-15-32-29(38)22-34-27-7-5-4-6-26(27)30(2,3)28(34)13-10-24-8-11-25(12-9-24)33(16-18-35)17-19-36/h4-13,28,35-36H,14-22H2,1-3H3,(H,31,37)(H,32,38)/b13-10+. The normalized spacial score (nSPS) is 15.7. The Hall–Kier alpha value is -2.66. The fourth-order valence-corrected chi connectivity index (χ4v) is 6.75. The number of hydrogen-bond donors (Lipinski definition) is 4. The van der Waals surface area contributed by atoms with Gasteiger partial charge in [0, 0.05) is 61.4 Å². The summed E-state index contributed by atoms with van der Waals surface area (Å²) in [6, 6.07) is 16.4. The first-order valence-electron chi connectivity index (χ1n) is 13.6. The molecule has 1 atom stereocenters. The Morgan fingerprint density at radius 2 is 1.60 bits per heavy atom. The van der Waals surface area contributed by atoms with Gasteiger partial charge in [-0.15, -0.1) is 0 Å². The second-order valence-electron chi connectivity index (χ2n) is 10.2.